The Balaban J connectivity index is 3.56. The van der Waals surface area contributed by atoms with E-state index in [0.29, 0.717) is 6.61 Å². The number of ether oxygens (including phenoxy) is 1. The Hall–Kier alpha value is -0.310. The molecule has 0 aliphatic carbocycles. The number of allylic oxidation sites excluding steroid dienone is 1. The van der Waals surface area contributed by atoms with Gasteiger partial charge in [-0.2, -0.15) is 0 Å². The summed E-state index contributed by atoms with van der Waals surface area (Å²) >= 11 is 3.26. The standard InChI is InChI=1S/C7H11BrO2/c1-3-10-7(9)5-4-6(2)8/h4-6H,3H2,1-2H3/b5-4+/t6-/m1/s1. The highest BCUT2D eigenvalue weighted by Crippen LogP contribution is 1.98. The second-order valence-corrected chi connectivity index (χ2v) is 3.23. The molecule has 0 radical (unpaired) electrons. The molecule has 0 bridgehead atoms. The Morgan fingerprint density at radius 2 is 2.40 bits per heavy atom. The predicted molar refractivity (Wildman–Crippen MR) is 44.2 cm³/mol. The third kappa shape index (κ3) is 5.82. The summed E-state index contributed by atoms with van der Waals surface area (Å²) in [6.07, 6.45) is 3.15. The normalized spacial score (nSPS) is 13.5. The molecule has 0 fully saturated rings. The van der Waals surface area contributed by atoms with Crippen molar-refractivity contribution in [2.75, 3.05) is 6.61 Å². The van der Waals surface area contributed by atoms with Crippen LogP contribution in [0.3, 0.4) is 0 Å². The van der Waals surface area contributed by atoms with Gasteiger partial charge in [-0.15, -0.1) is 0 Å². The van der Waals surface area contributed by atoms with Crippen LogP contribution < -0.4 is 0 Å². The van der Waals surface area contributed by atoms with Gasteiger partial charge in [-0.1, -0.05) is 22.0 Å². The van der Waals surface area contributed by atoms with E-state index in [4.69, 9.17) is 0 Å². The number of carbonyl (C=O) groups is 1. The van der Waals surface area contributed by atoms with Gasteiger partial charge in [0.05, 0.1) is 6.61 Å². The van der Waals surface area contributed by atoms with Crippen LogP contribution in [0.2, 0.25) is 0 Å². The number of halogens is 1. The molecule has 0 rings (SSSR count). The lowest BCUT2D eigenvalue weighted by atomic mass is 10.4. The Morgan fingerprint density at radius 3 is 2.80 bits per heavy atom. The summed E-state index contributed by atoms with van der Waals surface area (Å²) < 4.78 is 4.65. The number of esters is 1. The zero-order chi connectivity index (χ0) is 7.98. The largest absolute Gasteiger partial charge is 0.463 e. The minimum atomic E-state index is -0.284. The van der Waals surface area contributed by atoms with Crippen LogP contribution in [0.1, 0.15) is 13.8 Å². The Labute approximate surface area is 69.4 Å². The van der Waals surface area contributed by atoms with Crippen molar-refractivity contribution in [3.8, 4) is 0 Å². The zero-order valence-electron chi connectivity index (χ0n) is 6.13. The summed E-state index contributed by atoms with van der Waals surface area (Å²) in [5.74, 6) is -0.284. The van der Waals surface area contributed by atoms with Crippen molar-refractivity contribution in [1.82, 2.24) is 0 Å². The van der Waals surface area contributed by atoms with Crippen LogP contribution in [0.4, 0.5) is 0 Å². The predicted octanol–water partition coefficient (Wildman–Crippen LogP) is 1.89. The molecule has 0 saturated heterocycles. The maximum absolute atomic E-state index is 10.6. The van der Waals surface area contributed by atoms with E-state index in [2.05, 4.69) is 20.7 Å². The zero-order valence-corrected chi connectivity index (χ0v) is 7.72. The van der Waals surface area contributed by atoms with E-state index in [9.17, 15) is 4.79 Å². The SMILES string of the molecule is CCOC(=O)/C=C/[C@@H](C)Br. The van der Waals surface area contributed by atoms with Gasteiger partial charge in [0.15, 0.2) is 0 Å². The van der Waals surface area contributed by atoms with Crippen molar-refractivity contribution in [3.63, 3.8) is 0 Å². The molecule has 1 atom stereocenters. The highest BCUT2D eigenvalue weighted by Gasteiger charge is 1.93. The van der Waals surface area contributed by atoms with E-state index in [1.807, 2.05) is 6.92 Å². The van der Waals surface area contributed by atoms with Crippen molar-refractivity contribution < 1.29 is 9.53 Å². The molecule has 2 nitrogen and oxygen atoms in total. The molecule has 0 aliphatic heterocycles. The van der Waals surface area contributed by atoms with Crippen molar-refractivity contribution in [2.24, 2.45) is 0 Å². The van der Waals surface area contributed by atoms with Gasteiger partial charge in [0, 0.05) is 10.9 Å². The Kier molecular flexibility index (Phi) is 5.30. The summed E-state index contributed by atoms with van der Waals surface area (Å²) in [4.78, 5) is 10.8. The van der Waals surface area contributed by atoms with Crippen LogP contribution in [0.5, 0.6) is 0 Å². The number of rotatable bonds is 3. The Morgan fingerprint density at radius 1 is 1.80 bits per heavy atom. The fraction of sp³-hybridized carbons (Fsp3) is 0.571. The fourth-order valence-electron chi connectivity index (χ4n) is 0.402. The molecule has 0 aromatic heterocycles. The summed E-state index contributed by atoms with van der Waals surface area (Å²) in [7, 11) is 0. The summed E-state index contributed by atoms with van der Waals surface area (Å²) in [5, 5.41) is 0. The molecule has 0 aliphatic rings. The minimum Gasteiger partial charge on any atom is -0.463 e. The highest BCUT2D eigenvalue weighted by molar-refractivity contribution is 9.09. The lowest BCUT2D eigenvalue weighted by Gasteiger charge is -1.94. The van der Waals surface area contributed by atoms with Crippen LogP contribution in [0.25, 0.3) is 0 Å². The maximum Gasteiger partial charge on any atom is 0.330 e. The summed E-state index contributed by atoms with van der Waals surface area (Å²) in [6, 6.07) is 0. The van der Waals surface area contributed by atoms with Gasteiger partial charge in [0.2, 0.25) is 0 Å². The molecule has 0 spiro atoms. The smallest absolute Gasteiger partial charge is 0.330 e. The molecule has 0 heterocycles. The van der Waals surface area contributed by atoms with Gasteiger partial charge >= 0.3 is 5.97 Å². The second-order valence-electron chi connectivity index (χ2n) is 1.79. The molecule has 0 aromatic carbocycles. The third-order valence-corrected chi connectivity index (χ3v) is 1.09. The lowest BCUT2D eigenvalue weighted by Crippen LogP contribution is -1.99. The van der Waals surface area contributed by atoms with Crippen molar-refractivity contribution in [1.29, 1.82) is 0 Å². The van der Waals surface area contributed by atoms with E-state index in [-0.39, 0.29) is 10.8 Å². The quantitative estimate of drug-likeness (QED) is 0.401. The van der Waals surface area contributed by atoms with Gasteiger partial charge in [-0.25, -0.2) is 4.79 Å². The minimum absolute atomic E-state index is 0.219. The topological polar surface area (TPSA) is 26.3 Å². The van der Waals surface area contributed by atoms with Crippen LogP contribution in [-0.4, -0.2) is 17.4 Å². The average molecular weight is 207 g/mol. The first-order valence-electron chi connectivity index (χ1n) is 3.15. The fourth-order valence-corrected chi connectivity index (χ4v) is 0.554. The van der Waals surface area contributed by atoms with E-state index < -0.39 is 0 Å². The summed E-state index contributed by atoms with van der Waals surface area (Å²) in [6.45, 7) is 4.14. The molecule has 0 amide bonds. The van der Waals surface area contributed by atoms with Gasteiger partial charge in [0.25, 0.3) is 0 Å². The van der Waals surface area contributed by atoms with Gasteiger partial charge < -0.3 is 4.74 Å². The van der Waals surface area contributed by atoms with E-state index >= 15 is 0 Å². The summed E-state index contributed by atoms with van der Waals surface area (Å²) in [5.41, 5.74) is 0. The van der Waals surface area contributed by atoms with Crippen LogP contribution >= 0.6 is 15.9 Å². The third-order valence-electron chi connectivity index (χ3n) is 0.784. The van der Waals surface area contributed by atoms with E-state index in [0.717, 1.165) is 0 Å². The number of hydrogen-bond donors (Lipinski definition) is 0. The first-order chi connectivity index (χ1) is 4.66. The molecular formula is C7H11BrO2. The van der Waals surface area contributed by atoms with Gasteiger partial charge in [-0.05, 0) is 13.8 Å². The number of alkyl halides is 1. The second kappa shape index (κ2) is 5.47. The highest BCUT2D eigenvalue weighted by atomic mass is 79.9. The molecule has 3 heteroatoms. The van der Waals surface area contributed by atoms with Gasteiger partial charge in [0.1, 0.15) is 0 Å². The number of hydrogen-bond acceptors (Lipinski definition) is 2. The molecule has 10 heavy (non-hydrogen) atoms. The molecule has 0 saturated carbocycles. The van der Waals surface area contributed by atoms with Crippen LogP contribution in [-0.2, 0) is 9.53 Å². The molecular weight excluding hydrogens is 196 g/mol. The lowest BCUT2D eigenvalue weighted by molar-refractivity contribution is -0.137. The van der Waals surface area contributed by atoms with Crippen molar-refractivity contribution in [3.05, 3.63) is 12.2 Å². The monoisotopic (exact) mass is 206 g/mol. The van der Waals surface area contributed by atoms with E-state index in [1.165, 1.54) is 6.08 Å². The molecule has 0 N–H and O–H groups in total. The van der Waals surface area contributed by atoms with Crippen LogP contribution in [0, 0.1) is 0 Å². The first kappa shape index (κ1) is 9.69. The average Bonchev–Trinajstić information content (AvgIpc) is 1.85. The molecule has 0 unspecified atom stereocenters. The van der Waals surface area contributed by atoms with Gasteiger partial charge in [-0.3, -0.25) is 0 Å². The van der Waals surface area contributed by atoms with E-state index in [1.54, 1.807) is 13.0 Å². The maximum atomic E-state index is 10.6. The van der Waals surface area contributed by atoms with Crippen LogP contribution in [0.15, 0.2) is 12.2 Å². The number of carbonyl (C=O) groups excluding carboxylic acids is 1. The molecule has 58 valence electrons. The van der Waals surface area contributed by atoms with Crippen molar-refractivity contribution >= 4 is 21.9 Å². The first-order valence-corrected chi connectivity index (χ1v) is 4.07. The van der Waals surface area contributed by atoms with Crippen molar-refractivity contribution in [2.45, 2.75) is 18.7 Å². The Bertz CT molecular complexity index is 130. The molecule has 0 aromatic rings.